The van der Waals surface area contributed by atoms with E-state index in [4.69, 9.17) is 12.2 Å². The van der Waals surface area contributed by atoms with Crippen LogP contribution >= 0.6 is 12.2 Å². The van der Waals surface area contributed by atoms with Crippen LogP contribution in [0.2, 0.25) is 0 Å². The summed E-state index contributed by atoms with van der Waals surface area (Å²) in [4.78, 5) is 2.73. The van der Waals surface area contributed by atoms with E-state index >= 15 is 0 Å². The zero-order chi connectivity index (χ0) is 6.69. The first kappa shape index (κ1) is 6.42. The fourth-order valence-electron chi connectivity index (χ4n) is 0.526. The number of halogens is 1. The molecule has 0 aliphatic carbocycles. The predicted octanol–water partition coefficient (Wildman–Crippen LogP) is 2.21. The maximum atomic E-state index is 11.8. The molecule has 0 radical (unpaired) electrons. The predicted molar refractivity (Wildman–Crippen MR) is 36.4 cm³/mol. The van der Waals surface area contributed by atoms with Crippen molar-refractivity contribution in [1.82, 2.24) is 4.98 Å². The van der Waals surface area contributed by atoms with Gasteiger partial charge < -0.3 is 4.98 Å². The number of pyridine rings is 1. The molecule has 1 N–H and O–H groups in total. The third-order valence-corrected chi connectivity index (χ3v) is 1.26. The average Bonchev–Trinajstić information content (AvgIpc) is 1.90. The van der Waals surface area contributed by atoms with Crippen molar-refractivity contribution in [3.05, 3.63) is 28.5 Å². The molecule has 0 saturated heterocycles. The van der Waals surface area contributed by atoms with Gasteiger partial charge in [-0.2, -0.15) is 0 Å². The molecule has 0 fully saturated rings. The van der Waals surface area contributed by atoms with Gasteiger partial charge >= 0.3 is 0 Å². The second-order valence-corrected chi connectivity index (χ2v) is 2.13. The lowest BCUT2D eigenvalue weighted by Gasteiger charge is -1.89. The highest BCUT2D eigenvalue weighted by Gasteiger charge is 1.85. The lowest BCUT2D eigenvalue weighted by Crippen LogP contribution is -1.79. The number of nitrogens with one attached hydrogen (secondary N) is 1. The van der Waals surface area contributed by atoms with E-state index in [1.807, 2.05) is 0 Å². The van der Waals surface area contributed by atoms with E-state index in [1.165, 1.54) is 0 Å². The molecular weight excluding hydrogens is 137 g/mol. The normalized spacial score (nSPS) is 9.44. The first-order valence-corrected chi connectivity index (χ1v) is 2.97. The molecule has 0 unspecified atom stereocenters. The van der Waals surface area contributed by atoms with Gasteiger partial charge in [0.15, 0.2) is 0 Å². The van der Waals surface area contributed by atoms with Gasteiger partial charge in [0, 0.05) is 6.20 Å². The molecule has 48 valence electrons. The van der Waals surface area contributed by atoms with Crippen LogP contribution in [0.4, 0.5) is 4.39 Å². The third kappa shape index (κ3) is 1.61. The monoisotopic (exact) mass is 143 g/mol. The lowest BCUT2D eigenvalue weighted by atomic mass is 10.3. The highest BCUT2D eigenvalue weighted by molar-refractivity contribution is 7.71. The molecule has 0 spiro atoms. The van der Waals surface area contributed by atoms with E-state index in [-0.39, 0.29) is 0 Å². The van der Waals surface area contributed by atoms with Crippen molar-refractivity contribution in [3.63, 3.8) is 0 Å². The molecule has 0 aliphatic rings. The van der Waals surface area contributed by atoms with Gasteiger partial charge in [-0.05, 0) is 11.6 Å². The summed E-state index contributed by atoms with van der Waals surface area (Å²) in [6, 6.07) is 3.34. The molecule has 1 rings (SSSR count). The quantitative estimate of drug-likeness (QED) is 0.596. The molecule has 0 amide bonds. The Bertz CT molecular complexity index is 223. The summed E-state index contributed by atoms with van der Waals surface area (Å²) in [5, 5.41) is 0. The first-order chi connectivity index (χ1) is 4.33. The number of aromatic nitrogens is 1. The zero-order valence-corrected chi connectivity index (χ0v) is 5.54. The molecule has 0 aromatic carbocycles. The lowest BCUT2D eigenvalue weighted by molar-refractivity contribution is 0.484. The van der Waals surface area contributed by atoms with Crippen molar-refractivity contribution in [1.29, 1.82) is 0 Å². The molecule has 0 atom stereocenters. The van der Waals surface area contributed by atoms with Crippen molar-refractivity contribution in [2.75, 3.05) is 0 Å². The minimum absolute atomic E-state index is 0.438. The molecule has 0 aliphatic heterocycles. The Morgan fingerprint density at radius 2 is 2.33 bits per heavy atom. The van der Waals surface area contributed by atoms with Gasteiger partial charge in [0.05, 0.1) is 0 Å². The second-order valence-electron chi connectivity index (χ2n) is 1.69. The van der Waals surface area contributed by atoms with Gasteiger partial charge in [0.2, 0.25) is 0 Å². The van der Waals surface area contributed by atoms with E-state index < -0.39 is 6.67 Å². The summed E-state index contributed by atoms with van der Waals surface area (Å²) in [6.45, 7) is -0.438. The van der Waals surface area contributed by atoms with E-state index in [0.717, 1.165) is 0 Å². The van der Waals surface area contributed by atoms with Gasteiger partial charge in [-0.25, -0.2) is 4.39 Å². The fourth-order valence-corrected chi connectivity index (χ4v) is 0.653. The summed E-state index contributed by atoms with van der Waals surface area (Å²) >= 11 is 4.74. The third-order valence-electron chi connectivity index (χ3n) is 1.00. The molecule has 1 heterocycles. The summed E-state index contributed by atoms with van der Waals surface area (Å²) < 4.78 is 12.4. The molecule has 3 heteroatoms. The van der Waals surface area contributed by atoms with Gasteiger partial charge in [0.1, 0.15) is 11.3 Å². The van der Waals surface area contributed by atoms with E-state index in [0.29, 0.717) is 10.2 Å². The van der Waals surface area contributed by atoms with Crippen LogP contribution in [0.1, 0.15) is 5.56 Å². The Morgan fingerprint density at radius 1 is 1.56 bits per heavy atom. The van der Waals surface area contributed by atoms with Crippen LogP contribution in [-0.2, 0) is 6.67 Å². The van der Waals surface area contributed by atoms with Crippen molar-refractivity contribution in [2.24, 2.45) is 0 Å². The van der Waals surface area contributed by atoms with E-state index in [2.05, 4.69) is 4.98 Å². The van der Waals surface area contributed by atoms with Crippen molar-refractivity contribution in [3.8, 4) is 0 Å². The number of H-pyrrole nitrogens is 1. The smallest absolute Gasteiger partial charge is 0.116 e. The maximum Gasteiger partial charge on any atom is 0.116 e. The van der Waals surface area contributed by atoms with Gasteiger partial charge in [-0.1, -0.05) is 18.3 Å². The topological polar surface area (TPSA) is 15.8 Å². The number of hydrogen-bond acceptors (Lipinski definition) is 1. The zero-order valence-electron chi connectivity index (χ0n) is 4.73. The van der Waals surface area contributed by atoms with Crippen LogP contribution in [0.25, 0.3) is 0 Å². The molecule has 9 heavy (non-hydrogen) atoms. The van der Waals surface area contributed by atoms with Gasteiger partial charge in [-0.3, -0.25) is 0 Å². The standard InChI is InChI=1S/C6H6FNS/c7-3-5-1-2-6(9)8-4-5/h1-2,4H,3H2,(H,8,9). The number of alkyl halides is 1. The van der Waals surface area contributed by atoms with Crippen LogP contribution in [0, 0.1) is 4.64 Å². The second kappa shape index (κ2) is 2.73. The first-order valence-electron chi connectivity index (χ1n) is 2.56. The van der Waals surface area contributed by atoms with Crippen LogP contribution in [0.3, 0.4) is 0 Å². The summed E-state index contributed by atoms with van der Waals surface area (Å²) in [6.07, 6.45) is 1.57. The molecular formula is C6H6FNS. The average molecular weight is 143 g/mol. The number of hydrogen-bond donors (Lipinski definition) is 1. The van der Waals surface area contributed by atoms with Crippen LogP contribution < -0.4 is 0 Å². The minimum Gasteiger partial charge on any atom is -0.353 e. The van der Waals surface area contributed by atoms with E-state index in [9.17, 15) is 4.39 Å². The van der Waals surface area contributed by atoms with Crippen LogP contribution in [0.5, 0.6) is 0 Å². The van der Waals surface area contributed by atoms with Crippen molar-refractivity contribution >= 4 is 12.2 Å². The highest BCUT2D eigenvalue weighted by Crippen LogP contribution is 1.97. The van der Waals surface area contributed by atoms with Gasteiger partial charge in [0.25, 0.3) is 0 Å². The van der Waals surface area contributed by atoms with E-state index in [1.54, 1.807) is 18.3 Å². The molecule has 0 saturated carbocycles. The van der Waals surface area contributed by atoms with Crippen LogP contribution in [-0.4, -0.2) is 4.98 Å². The fraction of sp³-hybridized carbons (Fsp3) is 0.167. The highest BCUT2D eigenvalue weighted by atomic mass is 32.1. The Morgan fingerprint density at radius 3 is 2.78 bits per heavy atom. The Balaban J connectivity index is 3.02. The molecule has 1 aromatic heterocycles. The van der Waals surface area contributed by atoms with Crippen molar-refractivity contribution in [2.45, 2.75) is 6.67 Å². The minimum atomic E-state index is -0.438. The van der Waals surface area contributed by atoms with Gasteiger partial charge in [-0.15, -0.1) is 0 Å². The number of rotatable bonds is 1. The van der Waals surface area contributed by atoms with Crippen molar-refractivity contribution < 1.29 is 4.39 Å². The maximum absolute atomic E-state index is 11.8. The molecule has 0 bridgehead atoms. The molecule has 1 nitrogen and oxygen atoms in total. The summed E-state index contributed by atoms with van der Waals surface area (Å²) in [7, 11) is 0. The Hall–Kier alpha value is -0.700. The Labute approximate surface area is 57.5 Å². The summed E-state index contributed by atoms with van der Waals surface area (Å²) in [5.74, 6) is 0. The summed E-state index contributed by atoms with van der Waals surface area (Å²) in [5.41, 5.74) is 0.628. The SMILES string of the molecule is FCc1ccc(=S)[nH]c1. The van der Waals surface area contributed by atoms with Crippen LogP contribution in [0.15, 0.2) is 18.3 Å². The molecule has 1 aromatic rings. The Kier molecular flexibility index (Phi) is 1.95. The number of aromatic amines is 1. The largest absolute Gasteiger partial charge is 0.353 e.